The predicted molar refractivity (Wildman–Crippen MR) is 209 cm³/mol. The number of carbonyl (C=O) groups is 5. The minimum atomic E-state index is -0.981. The number of hydrogen-bond donors (Lipinski definition) is 2. The first kappa shape index (κ1) is 36.5. The van der Waals surface area contributed by atoms with E-state index < -0.39 is 29.7 Å². The number of carbonyl (C=O) groups excluding carboxylic acids is 5. The monoisotopic (exact) mass is 772 g/mol. The van der Waals surface area contributed by atoms with Gasteiger partial charge in [0.2, 0.25) is 11.8 Å². The number of rotatable bonds is 10. The van der Waals surface area contributed by atoms with Gasteiger partial charge in [0.25, 0.3) is 17.7 Å². The molecule has 6 heterocycles. The molecule has 1 atom stereocenters. The van der Waals surface area contributed by atoms with Gasteiger partial charge in [-0.25, -0.2) is 9.50 Å². The molecule has 3 fully saturated rings. The van der Waals surface area contributed by atoms with Crippen molar-refractivity contribution < 1.29 is 28.7 Å². The molecule has 16 heteroatoms. The van der Waals surface area contributed by atoms with Gasteiger partial charge in [-0.2, -0.15) is 10.2 Å². The molecule has 0 radical (unpaired) electrons. The van der Waals surface area contributed by atoms with Gasteiger partial charge in [0.05, 0.1) is 40.7 Å². The fourth-order valence-corrected chi connectivity index (χ4v) is 8.86. The van der Waals surface area contributed by atoms with Crippen LogP contribution in [0.4, 0.5) is 11.4 Å². The fraction of sp³-hybridized carbons (Fsp3) is 0.415. The van der Waals surface area contributed by atoms with Gasteiger partial charge < -0.3 is 15.0 Å². The summed E-state index contributed by atoms with van der Waals surface area (Å²) in [5, 5.41) is 15.4. The standard InChI is InChI=1S/C41H44N10O6/c1-4-48(25-10-14-47(15-11-25)26-6-7-29-30(19-26)41(56)51(40(29)55)34-8-9-36(52)45-39(34)54)27-17-28(18-27)50-22-24-16-33(35(57-23(2)3)20-32(24)46-50)44-38(53)31-21-43-49-13-5-12-42-37(31)49/h5-7,12-13,16,19-23,25,27-28,34H,4,8-11,14-15,17-18H2,1-3H3,(H,44,53)(H,45,52,54)/t27?,28?,34-/m1/s1. The number of anilines is 2. The smallest absolute Gasteiger partial charge is 0.262 e. The fourth-order valence-electron chi connectivity index (χ4n) is 8.86. The molecule has 3 aromatic heterocycles. The van der Waals surface area contributed by atoms with Crippen LogP contribution in [0.25, 0.3) is 16.6 Å². The molecule has 0 spiro atoms. The van der Waals surface area contributed by atoms with Crippen LogP contribution >= 0.6 is 0 Å². The summed E-state index contributed by atoms with van der Waals surface area (Å²) in [6, 6.07) is 11.0. The highest BCUT2D eigenvalue weighted by Gasteiger charge is 2.45. The van der Waals surface area contributed by atoms with Crippen molar-refractivity contribution in [1.29, 1.82) is 0 Å². The molecule has 1 aliphatic carbocycles. The zero-order chi connectivity index (χ0) is 39.5. The van der Waals surface area contributed by atoms with Crippen LogP contribution in [-0.4, -0.2) is 108 Å². The molecule has 0 unspecified atom stereocenters. The number of nitrogens with one attached hydrogen (secondary N) is 2. The topological polar surface area (TPSA) is 176 Å². The maximum atomic E-state index is 13.4. The largest absolute Gasteiger partial charge is 0.489 e. The third-order valence-electron chi connectivity index (χ3n) is 11.8. The molecule has 9 rings (SSSR count). The van der Waals surface area contributed by atoms with Gasteiger partial charge in [-0.1, -0.05) is 6.92 Å². The first-order chi connectivity index (χ1) is 27.6. The minimum absolute atomic E-state index is 0.0872. The maximum Gasteiger partial charge on any atom is 0.262 e. The summed E-state index contributed by atoms with van der Waals surface area (Å²) < 4.78 is 9.75. The minimum Gasteiger partial charge on any atom is -0.489 e. The van der Waals surface area contributed by atoms with E-state index >= 15 is 0 Å². The number of piperidine rings is 2. The van der Waals surface area contributed by atoms with Gasteiger partial charge in [-0.3, -0.25) is 43.8 Å². The quantitative estimate of drug-likeness (QED) is 0.195. The van der Waals surface area contributed by atoms with Gasteiger partial charge in [0.1, 0.15) is 17.4 Å². The van der Waals surface area contributed by atoms with Crippen LogP contribution in [-0.2, 0) is 9.59 Å². The van der Waals surface area contributed by atoms with Gasteiger partial charge >= 0.3 is 0 Å². The molecule has 5 amide bonds. The Kier molecular flexibility index (Phi) is 9.22. The van der Waals surface area contributed by atoms with Crippen LogP contribution in [0.5, 0.6) is 5.75 Å². The van der Waals surface area contributed by atoms with E-state index in [1.807, 2.05) is 32.0 Å². The second kappa shape index (κ2) is 14.4. The lowest BCUT2D eigenvalue weighted by atomic mass is 9.83. The molecule has 1 saturated carbocycles. The molecular formula is C41H44N10O6. The summed E-state index contributed by atoms with van der Waals surface area (Å²) in [4.78, 5) is 74.3. The maximum absolute atomic E-state index is 13.4. The Morgan fingerprint density at radius 3 is 2.56 bits per heavy atom. The van der Waals surface area contributed by atoms with Crippen LogP contribution in [0.2, 0.25) is 0 Å². The van der Waals surface area contributed by atoms with Crippen LogP contribution < -0.4 is 20.3 Å². The molecule has 2 aromatic carbocycles. The Morgan fingerprint density at radius 2 is 1.81 bits per heavy atom. The van der Waals surface area contributed by atoms with Crippen molar-refractivity contribution in [2.45, 2.75) is 89.6 Å². The lowest BCUT2D eigenvalue weighted by Crippen LogP contribution is -2.54. The molecule has 4 aliphatic rings. The molecular weight excluding hydrogens is 729 g/mol. The molecule has 294 valence electrons. The average Bonchev–Trinajstić information content (AvgIpc) is 3.86. The van der Waals surface area contributed by atoms with Crippen molar-refractivity contribution in [3.05, 3.63) is 77.9 Å². The van der Waals surface area contributed by atoms with Gasteiger partial charge in [0, 0.05) is 67.3 Å². The average molecular weight is 773 g/mol. The van der Waals surface area contributed by atoms with Crippen LogP contribution in [0, 0.1) is 0 Å². The van der Waals surface area contributed by atoms with E-state index in [2.05, 4.69) is 48.3 Å². The first-order valence-corrected chi connectivity index (χ1v) is 19.7. The zero-order valence-electron chi connectivity index (χ0n) is 32.1. The second-order valence-electron chi connectivity index (χ2n) is 15.6. The van der Waals surface area contributed by atoms with E-state index in [4.69, 9.17) is 9.84 Å². The highest BCUT2D eigenvalue weighted by atomic mass is 16.5. The molecule has 2 saturated heterocycles. The van der Waals surface area contributed by atoms with E-state index in [0.29, 0.717) is 45.9 Å². The predicted octanol–water partition coefficient (Wildman–Crippen LogP) is 4.21. The summed E-state index contributed by atoms with van der Waals surface area (Å²) >= 11 is 0. The number of imide groups is 2. The number of ether oxygens (including phenoxy) is 1. The van der Waals surface area contributed by atoms with E-state index in [-0.39, 0.29) is 30.9 Å². The van der Waals surface area contributed by atoms with Gasteiger partial charge in [-0.15, -0.1) is 0 Å². The van der Waals surface area contributed by atoms with E-state index in [9.17, 15) is 24.0 Å². The van der Waals surface area contributed by atoms with Crippen molar-refractivity contribution in [2.24, 2.45) is 0 Å². The van der Waals surface area contributed by atoms with Crippen molar-refractivity contribution in [3.63, 3.8) is 0 Å². The molecule has 0 bridgehead atoms. The van der Waals surface area contributed by atoms with Crippen molar-refractivity contribution in [1.82, 2.24) is 39.5 Å². The number of nitrogens with zero attached hydrogens (tertiary/aromatic N) is 8. The Bertz CT molecular complexity index is 2440. The summed E-state index contributed by atoms with van der Waals surface area (Å²) in [5.74, 6) is -1.77. The third-order valence-corrected chi connectivity index (χ3v) is 11.8. The van der Waals surface area contributed by atoms with Gasteiger partial charge in [-0.05, 0) is 82.8 Å². The zero-order valence-corrected chi connectivity index (χ0v) is 32.1. The summed E-state index contributed by atoms with van der Waals surface area (Å²) in [6.45, 7) is 8.67. The highest BCUT2D eigenvalue weighted by Crippen LogP contribution is 2.40. The molecule has 5 aromatic rings. The number of amides is 5. The van der Waals surface area contributed by atoms with Crippen molar-refractivity contribution in [2.75, 3.05) is 29.9 Å². The summed E-state index contributed by atoms with van der Waals surface area (Å²) in [7, 11) is 0. The number of hydrogen-bond acceptors (Lipinski definition) is 11. The number of benzene rings is 2. The Hall–Kier alpha value is -6.16. The van der Waals surface area contributed by atoms with Crippen LogP contribution in [0.1, 0.15) is 96.4 Å². The summed E-state index contributed by atoms with van der Waals surface area (Å²) in [6.07, 6.45) is 10.9. The van der Waals surface area contributed by atoms with E-state index in [1.165, 1.54) is 6.20 Å². The van der Waals surface area contributed by atoms with E-state index in [1.54, 1.807) is 35.1 Å². The van der Waals surface area contributed by atoms with Gasteiger partial charge in [0.15, 0.2) is 5.65 Å². The van der Waals surface area contributed by atoms with Crippen molar-refractivity contribution in [3.8, 4) is 5.75 Å². The number of aromatic nitrogens is 5. The summed E-state index contributed by atoms with van der Waals surface area (Å²) in [5.41, 5.74) is 3.67. The highest BCUT2D eigenvalue weighted by molar-refractivity contribution is 6.23. The van der Waals surface area contributed by atoms with Crippen LogP contribution in [0.3, 0.4) is 0 Å². The first-order valence-electron chi connectivity index (χ1n) is 19.7. The molecule has 16 nitrogen and oxygen atoms in total. The number of fused-ring (bicyclic) bond motifs is 3. The lowest BCUT2D eigenvalue weighted by molar-refractivity contribution is -0.136. The van der Waals surface area contributed by atoms with E-state index in [0.717, 1.165) is 66.8 Å². The molecule has 2 N–H and O–H groups in total. The molecule has 57 heavy (non-hydrogen) atoms. The van der Waals surface area contributed by atoms with Crippen molar-refractivity contribution >= 4 is 57.5 Å². The Morgan fingerprint density at radius 1 is 1.02 bits per heavy atom. The Labute approximate surface area is 328 Å². The van der Waals surface area contributed by atoms with Crippen LogP contribution in [0.15, 0.2) is 61.2 Å². The normalized spacial score (nSPS) is 21.5. The molecule has 3 aliphatic heterocycles. The second-order valence-corrected chi connectivity index (χ2v) is 15.6. The lowest BCUT2D eigenvalue weighted by Gasteiger charge is -2.48. The Balaban J connectivity index is 0.835. The third kappa shape index (κ3) is 6.56. The SMILES string of the molecule is CCN(C1CCN(c2ccc3c(c2)C(=O)N([C@@H]2CCC(=O)NC2=O)C3=O)CC1)C1CC(n2cc3cc(NC(=O)c4cnn5cccnc45)c(OC(C)C)cc3n2)C1.